The van der Waals surface area contributed by atoms with Crippen LogP contribution in [0.2, 0.25) is 0 Å². The van der Waals surface area contributed by atoms with Crippen LogP contribution in [0.3, 0.4) is 0 Å². The highest BCUT2D eigenvalue weighted by molar-refractivity contribution is 7.71. The van der Waals surface area contributed by atoms with E-state index in [0.29, 0.717) is 17.2 Å². The monoisotopic (exact) mass is 272 g/mol. The van der Waals surface area contributed by atoms with Gasteiger partial charge in [-0.25, -0.2) is 4.98 Å². The van der Waals surface area contributed by atoms with Gasteiger partial charge in [0.25, 0.3) is 0 Å². The third kappa shape index (κ3) is 2.22. The molecule has 0 aliphatic heterocycles. The van der Waals surface area contributed by atoms with Crippen LogP contribution in [0.25, 0.3) is 11.0 Å². The molecule has 3 rings (SSSR count). The van der Waals surface area contributed by atoms with Crippen molar-refractivity contribution in [2.45, 2.75) is 6.54 Å². The topological polar surface area (TPSA) is 55.7 Å². The number of ether oxygens (including phenoxy) is 1. The standard InChI is InChI=1S/C13H12N4OS/c1-18-12-6-9(2-5-15-12)8-17-11-3-4-14-7-10(11)16-13(17)19/h2-7H,8H2,1H3,(H,16,19). The van der Waals surface area contributed by atoms with Crippen LogP contribution in [0.15, 0.2) is 36.8 Å². The van der Waals surface area contributed by atoms with Crippen LogP contribution in [-0.4, -0.2) is 26.6 Å². The number of nitrogens with zero attached hydrogens (tertiary/aromatic N) is 3. The molecule has 0 saturated carbocycles. The first-order valence-electron chi connectivity index (χ1n) is 5.79. The second-order valence-electron chi connectivity index (χ2n) is 4.12. The number of methoxy groups -OCH3 is 1. The van der Waals surface area contributed by atoms with Gasteiger partial charge >= 0.3 is 0 Å². The fraction of sp³-hybridized carbons (Fsp3) is 0.154. The van der Waals surface area contributed by atoms with E-state index in [-0.39, 0.29) is 0 Å². The summed E-state index contributed by atoms with van der Waals surface area (Å²) in [7, 11) is 1.61. The fourth-order valence-corrected chi connectivity index (χ4v) is 2.28. The van der Waals surface area contributed by atoms with Gasteiger partial charge in [-0.1, -0.05) is 0 Å². The number of hydrogen-bond donors (Lipinski definition) is 1. The van der Waals surface area contributed by atoms with E-state index in [1.165, 1.54) is 0 Å². The zero-order valence-corrected chi connectivity index (χ0v) is 11.1. The van der Waals surface area contributed by atoms with Crippen molar-refractivity contribution in [2.75, 3.05) is 7.11 Å². The highest BCUT2D eigenvalue weighted by atomic mass is 32.1. The molecule has 0 aliphatic carbocycles. The van der Waals surface area contributed by atoms with Gasteiger partial charge in [-0.2, -0.15) is 0 Å². The molecule has 6 heteroatoms. The number of hydrogen-bond acceptors (Lipinski definition) is 4. The molecular weight excluding hydrogens is 260 g/mol. The maximum Gasteiger partial charge on any atom is 0.213 e. The molecule has 19 heavy (non-hydrogen) atoms. The molecule has 0 radical (unpaired) electrons. The third-order valence-electron chi connectivity index (χ3n) is 2.92. The molecule has 96 valence electrons. The Bertz CT molecular complexity index is 777. The van der Waals surface area contributed by atoms with Crippen molar-refractivity contribution in [3.63, 3.8) is 0 Å². The molecule has 5 nitrogen and oxygen atoms in total. The first-order chi connectivity index (χ1) is 9.28. The molecule has 3 heterocycles. The van der Waals surface area contributed by atoms with E-state index in [0.717, 1.165) is 16.6 Å². The van der Waals surface area contributed by atoms with Crippen LogP contribution in [-0.2, 0) is 6.54 Å². The smallest absolute Gasteiger partial charge is 0.213 e. The van der Waals surface area contributed by atoms with Gasteiger partial charge in [0.15, 0.2) is 4.77 Å². The number of fused-ring (bicyclic) bond motifs is 1. The summed E-state index contributed by atoms with van der Waals surface area (Å²) in [6, 6.07) is 5.80. The summed E-state index contributed by atoms with van der Waals surface area (Å²) >= 11 is 5.35. The van der Waals surface area contributed by atoms with Crippen molar-refractivity contribution in [3.8, 4) is 5.88 Å². The number of imidazole rings is 1. The predicted octanol–water partition coefficient (Wildman–Crippen LogP) is 2.55. The highest BCUT2D eigenvalue weighted by Gasteiger charge is 2.05. The van der Waals surface area contributed by atoms with Crippen LogP contribution in [0, 0.1) is 4.77 Å². The average Bonchev–Trinajstić information content (AvgIpc) is 2.76. The van der Waals surface area contributed by atoms with E-state index in [2.05, 4.69) is 15.0 Å². The molecule has 0 aromatic carbocycles. The first-order valence-corrected chi connectivity index (χ1v) is 6.20. The summed E-state index contributed by atoms with van der Waals surface area (Å²) in [5, 5.41) is 0. The van der Waals surface area contributed by atoms with Gasteiger partial charge in [-0.05, 0) is 29.9 Å². The minimum atomic E-state index is 0.602. The molecule has 0 saturated heterocycles. The van der Waals surface area contributed by atoms with Crippen LogP contribution < -0.4 is 4.74 Å². The van der Waals surface area contributed by atoms with Crippen molar-refractivity contribution in [1.29, 1.82) is 0 Å². The zero-order valence-electron chi connectivity index (χ0n) is 10.3. The first kappa shape index (κ1) is 11.9. The number of aromatic amines is 1. The van der Waals surface area contributed by atoms with E-state index >= 15 is 0 Å². The number of H-pyrrole nitrogens is 1. The molecule has 1 N–H and O–H groups in total. The van der Waals surface area contributed by atoms with Gasteiger partial charge in [0.05, 0.1) is 30.9 Å². The summed E-state index contributed by atoms with van der Waals surface area (Å²) < 4.78 is 7.84. The number of nitrogens with one attached hydrogen (secondary N) is 1. The lowest BCUT2D eigenvalue weighted by molar-refractivity contribution is 0.397. The van der Waals surface area contributed by atoms with E-state index in [9.17, 15) is 0 Å². The van der Waals surface area contributed by atoms with Gasteiger partial charge in [-0.15, -0.1) is 0 Å². The summed E-state index contributed by atoms with van der Waals surface area (Å²) in [6.45, 7) is 0.668. The summed E-state index contributed by atoms with van der Waals surface area (Å²) in [6.07, 6.45) is 5.26. The van der Waals surface area contributed by atoms with Gasteiger partial charge in [0.1, 0.15) is 0 Å². The molecule has 0 aliphatic rings. The summed E-state index contributed by atoms with van der Waals surface area (Å²) in [5.41, 5.74) is 3.06. The molecule has 3 aromatic rings. The SMILES string of the molecule is COc1cc(Cn2c(=S)[nH]c3cnccc32)ccn1. The van der Waals surface area contributed by atoms with Crippen molar-refractivity contribution < 1.29 is 4.74 Å². The Hall–Kier alpha value is -2.21. The Kier molecular flexibility index (Phi) is 3.00. The maximum atomic E-state index is 5.35. The van der Waals surface area contributed by atoms with Crippen LogP contribution in [0.5, 0.6) is 5.88 Å². The lowest BCUT2D eigenvalue weighted by atomic mass is 10.2. The van der Waals surface area contributed by atoms with Crippen LogP contribution in [0.1, 0.15) is 5.56 Å². The Labute approximate surface area is 114 Å². The Morgan fingerprint density at radius 1 is 1.37 bits per heavy atom. The van der Waals surface area contributed by atoms with Crippen molar-refractivity contribution in [2.24, 2.45) is 0 Å². The van der Waals surface area contributed by atoms with E-state index in [1.807, 2.05) is 22.8 Å². The summed E-state index contributed by atoms with van der Waals surface area (Å²) in [5.74, 6) is 0.602. The van der Waals surface area contributed by atoms with Crippen LogP contribution in [0.4, 0.5) is 0 Å². The number of pyridine rings is 2. The molecular formula is C13H12N4OS. The molecule has 0 atom stereocenters. The minimum absolute atomic E-state index is 0.602. The van der Waals surface area contributed by atoms with Crippen molar-refractivity contribution >= 4 is 23.3 Å². The quantitative estimate of drug-likeness (QED) is 0.744. The van der Waals surface area contributed by atoms with E-state index in [4.69, 9.17) is 17.0 Å². The van der Waals surface area contributed by atoms with E-state index in [1.54, 1.807) is 25.7 Å². The highest BCUT2D eigenvalue weighted by Crippen LogP contribution is 2.16. The number of rotatable bonds is 3. The minimum Gasteiger partial charge on any atom is -0.481 e. The summed E-state index contributed by atoms with van der Waals surface area (Å²) in [4.78, 5) is 11.3. The van der Waals surface area contributed by atoms with Gasteiger partial charge in [-0.3, -0.25) is 4.98 Å². The van der Waals surface area contributed by atoms with Crippen molar-refractivity contribution in [1.82, 2.24) is 19.5 Å². The second-order valence-corrected chi connectivity index (χ2v) is 4.50. The second kappa shape index (κ2) is 4.81. The molecule has 0 spiro atoms. The van der Waals surface area contributed by atoms with Crippen LogP contribution >= 0.6 is 12.2 Å². The normalized spacial score (nSPS) is 10.8. The lowest BCUT2D eigenvalue weighted by Crippen LogP contribution is -2.00. The average molecular weight is 272 g/mol. The van der Waals surface area contributed by atoms with Crippen molar-refractivity contribution in [3.05, 3.63) is 47.1 Å². The molecule has 0 fully saturated rings. The molecule has 3 aromatic heterocycles. The fourth-order valence-electron chi connectivity index (χ4n) is 2.01. The van der Waals surface area contributed by atoms with E-state index < -0.39 is 0 Å². The van der Waals surface area contributed by atoms with Gasteiger partial charge in [0.2, 0.25) is 5.88 Å². The van der Waals surface area contributed by atoms with Gasteiger partial charge < -0.3 is 14.3 Å². The van der Waals surface area contributed by atoms with Gasteiger partial charge in [0, 0.05) is 18.5 Å². The predicted molar refractivity (Wildman–Crippen MR) is 74.8 cm³/mol. The lowest BCUT2D eigenvalue weighted by Gasteiger charge is -2.06. The molecule has 0 unspecified atom stereocenters. The molecule has 0 amide bonds. The maximum absolute atomic E-state index is 5.35. The Morgan fingerprint density at radius 2 is 2.26 bits per heavy atom. The largest absolute Gasteiger partial charge is 0.481 e. The molecule has 0 bridgehead atoms. The Morgan fingerprint density at radius 3 is 3.11 bits per heavy atom. The third-order valence-corrected chi connectivity index (χ3v) is 3.25. The number of aromatic nitrogens is 4. The zero-order chi connectivity index (χ0) is 13.2. The Balaban J connectivity index is 2.05.